The molecule has 2 saturated heterocycles. The quantitative estimate of drug-likeness (QED) is 0.563. The number of likely N-dealkylation sites (tertiary alicyclic amines) is 1. The molecule has 0 bridgehead atoms. The highest BCUT2D eigenvalue weighted by atomic mass is 35.5. The Bertz CT molecular complexity index is 1370. The Labute approximate surface area is 237 Å². The Balaban J connectivity index is 1.42. The fourth-order valence-corrected chi connectivity index (χ4v) is 8.75. The highest BCUT2D eigenvalue weighted by molar-refractivity contribution is 8.02. The number of benzene rings is 2. The fourth-order valence-electron chi connectivity index (χ4n) is 6.52. The minimum absolute atomic E-state index is 0.0816. The zero-order chi connectivity index (χ0) is 27.3. The summed E-state index contributed by atoms with van der Waals surface area (Å²) in [6, 6.07) is 15.5. The van der Waals surface area contributed by atoms with Crippen molar-refractivity contribution in [3.05, 3.63) is 89.5 Å². The number of hydrogen-bond acceptors (Lipinski definition) is 5. The maximum atomic E-state index is 14.4. The molecule has 1 unspecified atom stereocenters. The van der Waals surface area contributed by atoms with Gasteiger partial charge in [-0.3, -0.25) is 14.4 Å². The third-order valence-corrected chi connectivity index (χ3v) is 10.3. The molecule has 2 aromatic rings. The lowest BCUT2D eigenvalue weighted by atomic mass is 9.78. The molecular formula is C30H30ClN3O4S. The molecule has 4 aliphatic heterocycles. The van der Waals surface area contributed by atoms with E-state index >= 15 is 0 Å². The summed E-state index contributed by atoms with van der Waals surface area (Å²) in [5.74, 6) is -1.95. The van der Waals surface area contributed by atoms with E-state index in [1.165, 1.54) is 16.7 Å². The first-order chi connectivity index (χ1) is 18.9. The molecule has 1 N–H and O–H groups in total. The molecule has 39 heavy (non-hydrogen) atoms. The Morgan fingerprint density at radius 3 is 2.49 bits per heavy atom. The maximum absolute atomic E-state index is 14.4. The Hall–Kier alpha value is -3.07. The molecule has 2 aromatic carbocycles. The van der Waals surface area contributed by atoms with E-state index in [4.69, 9.17) is 11.6 Å². The van der Waals surface area contributed by atoms with E-state index in [0.29, 0.717) is 30.3 Å². The van der Waals surface area contributed by atoms with Crippen LogP contribution in [-0.2, 0) is 20.9 Å². The SMILES string of the molecule is C[C@H](CO)N1C(=O)[C@@H]2[C@H]3C(=O)N(Cc4ccccc4)CC=C[C@H]3S[C@@]23C=CCN(c2ccccc2Cl)C(=O)C13. The van der Waals surface area contributed by atoms with Crippen LogP contribution in [-0.4, -0.2) is 74.4 Å². The van der Waals surface area contributed by atoms with Crippen LogP contribution in [0.2, 0.25) is 5.02 Å². The van der Waals surface area contributed by atoms with Gasteiger partial charge in [-0.15, -0.1) is 11.8 Å². The minimum atomic E-state index is -0.946. The second-order valence-electron chi connectivity index (χ2n) is 10.6. The largest absolute Gasteiger partial charge is 0.394 e. The van der Waals surface area contributed by atoms with E-state index in [0.717, 1.165) is 5.56 Å². The predicted molar refractivity (Wildman–Crippen MR) is 152 cm³/mol. The molecule has 0 aliphatic carbocycles. The smallest absolute Gasteiger partial charge is 0.251 e. The Kier molecular flexibility index (Phi) is 6.81. The van der Waals surface area contributed by atoms with Crippen molar-refractivity contribution in [2.24, 2.45) is 11.8 Å². The van der Waals surface area contributed by atoms with Crippen LogP contribution in [0.5, 0.6) is 0 Å². The van der Waals surface area contributed by atoms with E-state index in [9.17, 15) is 19.5 Å². The van der Waals surface area contributed by atoms with Gasteiger partial charge in [-0.1, -0.05) is 78.4 Å². The number of para-hydroxylation sites is 1. The van der Waals surface area contributed by atoms with Crippen LogP contribution < -0.4 is 4.90 Å². The van der Waals surface area contributed by atoms with Crippen molar-refractivity contribution in [1.82, 2.24) is 9.80 Å². The number of halogens is 1. The lowest BCUT2D eigenvalue weighted by Crippen LogP contribution is -2.56. The van der Waals surface area contributed by atoms with E-state index in [2.05, 4.69) is 0 Å². The number of anilines is 1. The van der Waals surface area contributed by atoms with Crippen molar-refractivity contribution in [2.75, 3.05) is 24.6 Å². The van der Waals surface area contributed by atoms with Gasteiger partial charge in [-0.25, -0.2) is 0 Å². The first kappa shape index (κ1) is 26.2. The summed E-state index contributed by atoms with van der Waals surface area (Å²) in [7, 11) is 0. The summed E-state index contributed by atoms with van der Waals surface area (Å²) in [6.07, 6.45) is 7.93. The first-order valence-electron chi connectivity index (χ1n) is 13.2. The number of amides is 3. The number of hydrogen-bond donors (Lipinski definition) is 1. The van der Waals surface area contributed by atoms with E-state index in [1.807, 2.05) is 60.7 Å². The van der Waals surface area contributed by atoms with Crippen LogP contribution in [0, 0.1) is 11.8 Å². The molecule has 0 saturated carbocycles. The van der Waals surface area contributed by atoms with Crippen molar-refractivity contribution < 1.29 is 19.5 Å². The zero-order valence-electron chi connectivity index (χ0n) is 21.5. The second-order valence-corrected chi connectivity index (χ2v) is 12.4. The minimum Gasteiger partial charge on any atom is -0.394 e. The number of aliphatic hydroxyl groups excluding tert-OH is 1. The summed E-state index contributed by atoms with van der Waals surface area (Å²) in [4.78, 5) is 47.7. The summed E-state index contributed by atoms with van der Waals surface area (Å²) >= 11 is 8.03. The molecule has 0 aromatic heterocycles. The van der Waals surface area contributed by atoms with E-state index in [1.54, 1.807) is 34.9 Å². The summed E-state index contributed by atoms with van der Waals surface area (Å²) in [6.45, 7) is 2.66. The van der Waals surface area contributed by atoms with Gasteiger partial charge in [0.1, 0.15) is 6.04 Å². The summed E-state index contributed by atoms with van der Waals surface area (Å²) in [5.41, 5.74) is 1.59. The molecule has 9 heteroatoms. The molecular weight excluding hydrogens is 534 g/mol. The summed E-state index contributed by atoms with van der Waals surface area (Å²) in [5, 5.41) is 10.3. The molecule has 1 spiro atoms. The highest BCUT2D eigenvalue weighted by Gasteiger charge is 2.71. The molecule has 6 rings (SSSR count). The maximum Gasteiger partial charge on any atom is 0.251 e. The fraction of sp³-hybridized carbons (Fsp3) is 0.367. The van der Waals surface area contributed by atoms with Gasteiger partial charge in [0.2, 0.25) is 11.8 Å². The number of carbonyl (C=O) groups excluding carboxylic acids is 3. The number of carbonyl (C=O) groups is 3. The number of rotatable bonds is 5. The van der Waals surface area contributed by atoms with Crippen LogP contribution in [0.25, 0.3) is 0 Å². The molecule has 4 heterocycles. The van der Waals surface area contributed by atoms with Crippen LogP contribution in [0.4, 0.5) is 5.69 Å². The molecule has 0 radical (unpaired) electrons. The Morgan fingerprint density at radius 1 is 1.00 bits per heavy atom. The van der Waals surface area contributed by atoms with Gasteiger partial charge in [0.05, 0.1) is 39.9 Å². The van der Waals surface area contributed by atoms with Gasteiger partial charge in [0.25, 0.3) is 5.91 Å². The zero-order valence-corrected chi connectivity index (χ0v) is 23.1. The van der Waals surface area contributed by atoms with Gasteiger partial charge in [-0.2, -0.15) is 0 Å². The van der Waals surface area contributed by atoms with Gasteiger partial charge in [-0.05, 0) is 24.6 Å². The molecule has 3 amide bonds. The van der Waals surface area contributed by atoms with E-state index < -0.39 is 28.7 Å². The average molecular weight is 564 g/mol. The third kappa shape index (κ3) is 4.12. The lowest BCUT2D eigenvalue weighted by Gasteiger charge is -2.37. The summed E-state index contributed by atoms with van der Waals surface area (Å²) < 4.78 is -0.946. The number of aliphatic hydroxyl groups is 1. The molecule has 7 nitrogen and oxygen atoms in total. The number of fused-ring (bicyclic) bond motifs is 2. The monoisotopic (exact) mass is 563 g/mol. The predicted octanol–water partition coefficient (Wildman–Crippen LogP) is 3.52. The van der Waals surface area contributed by atoms with E-state index in [-0.39, 0.29) is 29.6 Å². The van der Waals surface area contributed by atoms with Gasteiger partial charge in [0.15, 0.2) is 0 Å². The van der Waals surface area contributed by atoms with Crippen molar-refractivity contribution >= 4 is 46.8 Å². The normalized spacial score (nSPS) is 30.6. The van der Waals surface area contributed by atoms with Crippen molar-refractivity contribution in [3.63, 3.8) is 0 Å². The average Bonchev–Trinajstić information content (AvgIpc) is 3.27. The number of nitrogens with zero attached hydrogens (tertiary/aromatic N) is 3. The molecule has 6 atom stereocenters. The lowest BCUT2D eigenvalue weighted by molar-refractivity contribution is -0.144. The van der Waals surface area contributed by atoms with Gasteiger partial charge in [0, 0.05) is 24.9 Å². The van der Waals surface area contributed by atoms with Gasteiger partial charge >= 0.3 is 0 Å². The van der Waals surface area contributed by atoms with Gasteiger partial charge < -0.3 is 19.8 Å². The third-order valence-electron chi connectivity index (χ3n) is 8.28. The van der Waals surface area contributed by atoms with Crippen molar-refractivity contribution in [2.45, 2.75) is 35.5 Å². The molecule has 202 valence electrons. The van der Waals surface area contributed by atoms with Crippen LogP contribution in [0.1, 0.15) is 12.5 Å². The second kappa shape index (κ2) is 10.2. The standard InChI is InChI=1S/C30H30ClN3O4S/c1-19(18-35)34-26-29(38)33(22-12-6-5-11-21(22)31)16-8-14-30(26)25(28(34)37)24-23(39-30)13-7-15-32(27(24)36)17-20-9-3-2-4-10-20/h2-14,19,23-26,35H,15-18H2,1H3/t19-,23-,24+,25+,26?,30+/m1/s1. The molecule has 2 fully saturated rings. The van der Waals surface area contributed by atoms with Crippen LogP contribution in [0.15, 0.2) is 78.9 Å². The van der Waals surface area contributed by atoms with Crippen LogP contribution in [0.3, 0.4) is 0 Å². The Morgan fingerprint density at radius 2 is 1.74 bits per heavy atom. The first-order valence-corrected chi connectivity index (χ1v) is 14.5. The number of thioether (sulfide) groups is 1. The molecule has 4 aliphatic rings. The van der Waals surface area contributed by atoms with Crippen molar-refractivity contribution in [3.8, 4) is 0 Å². The van der Waals surface area contributed by atoms with Crippen LogP contribution >= 0.6 is 23.4 Å². The topological polar surface area (TPSA) is 81.2 Å². The highest BCUT2D eigenvalue weighted by Crippen LogP contribution is 2.61. The van der Waals surface area contributed by atoms with Crippen molar-refractivity contribution in [1.29, 1.82) is 0 Å².